The SMILES string of the molecule is Cc1cc2c(c(C)c1C)CNCC2. The van der Waals surface area contributed by atoms with E-state index in [0.29, 0.717) is 0 Å². The number of benzene rings is 1. The maximum Gasteiger partial charge on any atom is 0.0211 e. The Bertz CT molecular complexity index is 339. The molecule has 1 aromatic carbocycles. The van der Waals surface area contributed by atoms with Crippen molar-refractivity contribution < 1.29 is 0 Å². The van der Waals surface area contributed by atoms with Gasteiger partial charge >= 0.3 is 0 Å². The Morgan fingerprint density at radius 1 is 1.15 bits per heavy atom. The second-order valence-electron chi connectivity index (χ2n) is 4.01. The third kappa shape index (κ3) is 1.37. The van der Waals surface area contributed by atoms with Gasteiger partial charge in [-0.25, -0.2) is 0 Å². The largest absolute Gasteiger partial charge is 0.312 e. The molecule has 0 bridgehead atoms. The van der Waals surface area contributed by atoms with Crippen molar-refractivity contribution in [3.63, 3.8) is 0 Å². The van der Waals surface area contributed by atoms with Crippen molar-refractivity contribution in [1.82, 2.24) is 5.32 Å². The van der Waals surface area contributed by atoms with E-state index in [4.69, 9.17) is 0 Å². The number of nitrogens with one attached hydrogen (secondary N) is 1. The van der Waals surface area contributed by atoms with Crippen LogP contribution in [0.15, 0.2) is 6.07 Å². The molecule has 0 aliphatic carbocycles. The number of fused-ring (bicyclic) bond motifs is 1. The van der Waals surface area contributed by atoms with Crippen LogP contribution < -0.4 is 5.32 Å². The van der Waals surface area contributed by atoms with Crippen molar-refractivity contribution in [2.45, 2.75) is 33.7 Å². The third-order valence-electron chi connectivity index (χ3n) is 3.26. The molecule has 1 aliphatic heterocycles. The molecule has 2 rings (SSSR count). The summed E-state index contributed by atoms with van der Waals surface area (Å²) in [5.41, 5.74) is 7.48. The van der Waals surface area contributed by atoms with Gasteiger partial charge in [0, 0.05) is 6.54 Å². The summed E-state index contributed by atoms with van der Waals surface area (Å²) >= 11 is 0. The highest BCUT2D eigenvalue weighted by Crippen LogP contribution is 2.23. The molecule has 0 fully saturated rings. The molecule has 0 amide bonds. The fourth-order valence-corrected chi connectivity index (χ4v) is 2.13. The van der Waals surface area contributed by atoms with Crippen molar-refractivity contribution in [1.29, 1.82) is 0 Å². The fourth-order valence-electron chi connectivity index (χ4n) is 2.13. The molecule has 1 aliphatic rings. The van der Waals surface area contributed by atoms with Crippen LogP contribution in [0.4, 0.5) is 0 Å². The average molecular weight is 175 g/mol. The van der Waals surface area contributed by atoms with Gasteiger partial charge in [-0.2, -0.15) is 0 Å². The first-order valence-corrected chi connectivity index (χ1v) is 4.99. The fraction of sp³-hybridized carbons (Fsp3) is 0.500. The third-order valence-corrected chi connectivity index (χ3v) is 3.26. The lowest BCUT2D eigenvalue weighted by Gasteiger charge is -2.22. The molecule has 0 saturated heterocycles. The van der Waals surface area contributed by atoms with Gasteiger partial charge in [-0.15, -0.1) is 0 Å². The van der Waals surface area contributed by atoms with Crippen molar-refractivity contribution in [2.75, 3.05) is 6.54 Å². The summed E-state index contributed by atoms with van der Waals surface area (Å²) in [6.07, 6.45) is 1.19. The summed E-state index contributed by atoms with van der Waals surface area (Å²) in [6, 6.07) is 2.36. The first kappa shape index (κ1) is 8.76. The highest BCUT2D eigenvalue weighted by molar-refractivity contribution is 5.45. The predicted molar refractivity (Wildman–Crippen MR) is 56.1 cm³/mol. The Morgan fingerprint density at radius 3 is 2.69 bits per heavy atom. The van der Waals surface area contributed by atoms with E-state index in [1.165, 1.54) is 28.7 Å². The smallest absolute Gasteiger partial charge is 0.0211 e. The Hall–Kier alpha value is -0.820. The highest BCUT2D eigenvalue weighted by atomic mass is 14.9. The van der Waals surface area contributed by atoms with Gasteiger partial charge in [-0.1, -0.05) is 6.07 Å². The molecule has 70 valence electrons. The summed E-state index contributed by atoms with van der Waals surface area (Å²) < 4.78 is 0. The molecule has 0 aromatic heterocycles. The van der Waals surface area contributed by atoms with Gasteiger partial charge in [0.25, 0.3) is 0 Å². The van der Waals surface area contributed by atoms with Crippen LogP contribution in [0.2, 0.25) is 0 Å². The summed E-state index contributed by atoms with van der Waals surface area (Å²) in [7, 11) is 0. The molecule has 13 heavy (non-hydrogen) atoms. The zero-order valence-electron chi connectivity index (χ0n) is 8.70. The van der Waals surface area contributed by atoms with Gasteiger partial charge in [0.05, 0.1) is 0 Å². The molecule has 0 saturated carbocycles. The van der Waals surface area contributed by atoms with E-state index >= 15 is 0 Å². The minimum absolute atomic E-state index is 1.06. The van der Waals surface area contributed by atoms with E-state index in [0.717, 1.165) is 13.1 Å². The maximum absolute atomic E-state index is 3.43. The molecular formula is C12H17N. The quantitative estimate of drug-likeness (QED) is 0.637. The normalized spacial score (nSPS) is 15.6. The second kappa shape index (κ2) is 3.15. The Kier molecular flexibility index (Phi) is 2.12. The number of aryl methyl sites for hydroxylation is 1. The van der Waals surface area contributed by atoms with Gasteiger partial charge in [-0.05, 0) is 61.6 Å². The zero-order chi connectivity index (χ0) is 9.42. The molecule has 1 heterocycles. The molecule has 0 unspecified atom stereocenters. The molecular weight excluding hydrogens is 158 g/mol. The minimum Gasteiger partial charge on any atom is -0.312 e. The molecule has 1 nitrogen and oxygen atoms in total. The van der Waals surface area contributed by atoms with Crippen LogP contribution >= 0.6 is 0 Å². The van der Waals surface area contributed by atoms with Crippen LogP contribution in [-0.2, 0) is 13.0 Å². The summed E-state index contributed by atoms with van der Waals surface area (Å²) in [5.74, 6) is 0. The van der Waals surface area contributed by atoms with Gasteiger partial charge in [0.1, 0.15) is 0 Å². The monoisotopic (exact) mass is 175 g/mol. The zero-order valence-corrected chi connectivity index (χ0v) is 8.70. The lowest BCUT2D eigenvalue weighted by molar-refractivity contribution is 0.639. The van der Waals surface area contributed by atoms with Crippen molar-refractivity contribution in [3.05, 3.63) is 33.9 Å². The Balaban J connectivity index is 2.60. The number of rotatable bonds is 0. The van der Waals surface area contributed by atoms with E-state index < -0.39 is 0 Å². The number of hydrogen-bond donors (Lipinski definition) is 1. The van der Waals surface area contributed by atoms with Gasteiger partial charge in [0.15, 0.2) is 0 Å². The maximum atomic E-state index is 3.43. The van der Waals surface area contributed by atoms with Crippen molar-refractivity contribution >= 4 is 0 Å². The van der Waals surface area contributed by atoms with Crippen molar-refractivity contribution in [3.8, 4) is 0 Å². The van der Waals surface area contributed by atoms with Crippen LogP contribution in [0, 0.1) is 20.8 Å². The summed E-state index contributed by atoms with van der Waals surface area (Å²) in [4.78, 5) is 0. The molecule has 1 aromatic rings. The van der Waals surface area contributed by atoms with E-state index in [2.05, 4.69) is 32.2 Å². The van der Waals surface area contributed by atoms with Crippen LogP contribution in [0.3, 0.4) is 0 Å². The van der Waals surface area contributed by atoms with Crippen LogP contribution in [0.5, 0.6) is 0 Å². The van der Waals surface area contributed by atoms with E-state index in [1.54, 1.807) is 5.56 Å². The van der Waals surface area contributed by atoms with Crippen molar-refractivity contribution in [2.24, 2.45) is 0 Å². The summed E-state index contributed by atoms with van der Waals surface area (Å²) in [6.45, 7) is 8.87. The summed E-state index contributed by atoms with van der Waals surface area (Å²) in [5, 5.41) is 3.43. The number of hydrogen-bond acceptors (Lipinski definition) is 1. The Labute approximate surface area is 80.2 Å². The molecule has 0 radical (unpaired) electrons. The van der Waals surface area contributed by atoms with Gasteiger partial charge in [0.2, 0.25) is 0 Å². The average Bonchev–Trinajstić information content (AvgIpc) is 2.15. The lowest BCUT2D eigenvalue weighted by Crippen LogP contribution is -2.24. The van der Waals surface area contributed by atoms with Gasteiger partial charge in [-0.3, -0.25) is 0 Å². The van der Waals surface area contributed by atoms with E-state index in [9.17, 15) is 0 Å². The predicted octanol–water partition coefficient (Wildman–Crippen LogP) is 2.26. The van der Waals surface area contributed by atoms with Crippen LogP contribution in [0.1, 0.15) is 27.8 Å². The standard InChI is InChI=1S/C12H17N/c1-8-6-11-4-5-13-7-12(11)10(3)9(8)2/h6,13H,4-5,7H2,1-3H3. The molecule has 0 atom stereocenters. The first-order valence-electron chi connectivity index (χ1n) is 4.99. The molecule has 1 N–H and O–H groups in total. The van der Waals surface area contributed by atoms with E-state index in [1.807, 2.05) is 0 Å². The molecule has 0 spiro atoms. The second-order valence-corrected chi connectivity index (χ2v) is 4.01. The topological polar surface area (TPSA) is 12.0 Å². The highest BCUT2D eigenvalue weighted by Gasteiger charge is 2.13. The molecule has 1 heteroatoms. The van der Waals surface area contributed by atoms with E-state index in [-0.39, 0.29) is 0 Å². The lowest BCUT2D eigenvalue weighted by atomic mass is 9.90. The van der Waals surface area contributed by atoms with Gasteiger partial charge < -0.3 is 5.32 Å². The van der Waals surface area contributed by atoms with Crippen LogP contribution in [0.25, 0.3) is 0 Å². The van der Waals surface area contributed by atoms with Crippen LogP contribution in [-0.4, -0.2) is 6.54 Å². The minimum atomic E-state index is 1.06. The first-order chi connectivity index (χ1) is 6.20. The Morgan fingerprint density at radius 2 is 1.92 bits per heavy atom.